The molecule has 0 bridgehead atoms. The lowest BCUT2D eigenvalue weighted by molar-refractivity contribution is 0.109. The second kappa shape index (κ2) is 11.1. The molecule has 2 rings (SSSR count). The van der Waals surface area contributed by atoms with Crippen LogP contribution < -0.4 is 10.6 Å². The van der Waals surface area contributed by atoms with E-state index in [4.69, 9.17) is 28.2 Å². The molecular weight excluding hydrogens is 381 g/mol. The Morgan fingerprint density at radius 1 is 1.15 bits per heavy atom. The summed E-state index contributed by atoms with van der Waals surface area (Å²) >= 11 is 12.3. The van der Waals surface area contributed by atoms with Crippen LogP contribution in [0.2, 0.25) is 10.0 Å². The number of hydrogen-bond acceptors (Lipinski definition) is 3. The zero-order chi connectivity index (χ0) is 19.8. The first-order valence-electron chi connectivity index (χ1n) is 9.90. The van der Waals surface area contributed by atoms with E-state index in [1.54, 1.807) is 6.07 Å². The summed E-state index contributed by atoms with van der Waals surface area (Å²) in [6.45, 7) is 15.9. The first-order chi connectivity index (χ1) is 12.9. The van der Waals surface area contributed by atoms with Crippen molar-refractivity contribution in [2.45, 2.75) is 39.8 Å². The van der Waals surface area contributed by atoms with Crippen molar-refractivity contribution in [1.82, 2.24) is 20.4 Å². The molecule has 1 fully saturated rings. The van der Waals surface area contributed by atoms with Crippen molar-refractivity contribution >= 4 is 29.2 Å². The standard InChI is InChI=1S/C20H33Cl2N5/c1-5-23-20(25-16(4)18-8-7-17(21)13-19(18)22)24-14-15(3)27-11-9-26(6-2)10-12-27/h7-8,13,15-16H,5-6,9-12,14H2,1-4H3,(H2,23,24,25). The Kier molecular flexibility index (Phi) is 9.16. The Morgan fingerprint density at radius 2 is 1.85 bits per heavy atom. The maximum atomic E-state index is 6.34. The third-order valence-corrected chi connectivity index (χ3v) is 5.68. The highest BCUT2D eigenvalue weighted by atomic mass is 35.5. The Hall–Kier alpha value is -1.01. The van der Waals surface area contributed by atoms with E-state index in [0.717, 1.165) is 57.3 Å². The second-order valence-electron chi connectivity index (χ2n) is 7.07. The predicted molar refractivity (Wildman–Crippen MR) is 117 cm³/mol. The molecule has 5 nitrogen and oxygen atoms in total. The molecule has 7 heteroatoms. The fourth-order valence-electron chi connectivity index (χ4n) is 3.31. The van der Waals surface area contributed by atoms with E-state index < -0.39 is 0 Å². The summed E-state index contributed by atoms with van der Waals surface area (Å²) in [5, 5.41) is 8.10. The molecule has 2 unspecified atom stereocenters. The highest BCUT2D eigenvalue weighted by Crippen LogP contribution is 2.26. The van der Waals surface area contributed by atoms with Gasteiger partial charge in [0.1, 0.15) is 0 Å². The SMILES string of the molecule is CCNC(=NCC(C)N1CCN(CC)CC1)NC(C)c1ccc(Cl)cc1Cl. The summed E-state index contributed by atoms with van der Waals surface area (Å²) < 4.78 is 0. The predicted octanol–water partition coefficient (Wildman–Crippen LogP) is 3.64. The molecule has 27 heavy (non-hydrogen) atoms. The minimum Gasteiger partial charge on any atom is -0.357 e. The van der Waals surface area contributed by atoms with Crippen molar-refractivity contribution in [2.75, 3.05) is 45.8 Å². The van der Waals surface area contributed by atoms with E-state index in [1.165, 1.54) is 0 Å². The lowest BCUT2D eigenvalue weighted by Crippen LogP contribution is -2.50. The van der Waals surface area contributed by atoms with Gasteiger partial charge in [-0.3, -0.25) is 9.89 Å². The van der Waals surface area contributed by atoms with Gasteiger partial charge < -0.3 is 15.5 Å². The average Bonchev–Trinajstić information content (AvgIpc) is 2.66. The maximum Gasteiger partial charge on any atom is 0.191 e. The van der Waals surface area contributed by atoms with Crippen molar-refractivity contribution in [3.63, 3.8) is 0 Å². The van der Waals surface area contributed by atoms with Gasteiger partial charge in [-0.1, -0.05) is 36.2 Å². The summed E-state index contributed by atoms with van der Waals surface area (Å²) in [5.41, 5.74) is 1.01. The Balaban J connectivity index is 1.95. The second-order valence-corrected chi connectivity index (χ2v) is 7.91. The number of nitrogens with one attached hydrogen (secondary N) is 2. The Morgan fingerprint density at radius 3 is 2.44 bits per heavy atom. The molecule has 1 aliphatic heterocycles. The zero-order valence-corrected chi connectivity index (χ0v) is 18.4. The summed E-state index contributed by atoms with van der Waals surface area (Å²) in [4.78, 5) is 9.83. The molecule has 1 heterocycles. The van der Waals surface area contributed by atoms with Gasteiger partial charge in [-0.2, -0.15) is 0 Å². The Labute approximate surface area is 174 Å². The van der Waals surface area contributed by atoms with Gasteiger partial charge in [0.05, 0.1) is 12.6 Å². The normalized spacial score (nSPS) is 19.0. The molecular formula is C20H33Cl2N5. The summed E-state index contributed by atoms with van der Waals surface area (Å²) in [5.74, 6) is 0.815. The first kappa shape index (κ1) is 22.3. The van der Waals surface area contributed by atoms with E-state index in [1.807, 2.05) is 12.1 Å². The molecule has 152 valence electrons. The van der Waals surface area contributed by atoms with Crippen LogP contribution in [0.4, 0.5) is 0 Å². The minimum atomic E-state index is 0.0379. The number of halogens is 2. The zero-order valence-electron chi connectivity index (χ0n) is 16.9. The number of rotatable bonds is 7. The molecule has 2 atom stereocenters. The highest BCUT2D eigenvalue weighted by molar-refractivity contribution is 6.35. The third-order valence-electron chi connectivity index (χ3n) is 5.12. The Bertz CT molecular complexity index is 614. The third kappa shape index (κ3) is 6.83. The van der Waals surface area contributed by atoms with Gasteiger partial charge >= 0.3 is 0 Å². The highest BCUT2D eigenvalue weighted by Gasteiger charge is 2.20. The summed E-state index contributed by atoms with van der Waals surface area (Å²) in [7, 11) is 0. The van der Waals surface area contributed by atoms with Gasteiger partial charge in [0.15, 0.2) is 5.96 Å². The minimum absolute atomic E-state index is 0.0379. The van der Waals surface area contributed by atoms with Crippen molar-refractivity contribution in [3.8, 4) is 0 Å². The number of hydrogen-bond donors (Lipinski definition) is 2. The van der Waals surface area contributed by atoms with Crippen LogP contribution in [0.5, 0.6) is 0 Å². The first-order valence-corrected chi connectivity index (χ1v) is 10.7. The van der Waals surface area contributed by atoms with Crippen LogP contribution >= 0.6 is 23.2 Å². The average molecular weight is 414 g/mol. The molecule has 1 aromatic carbocycles. The summed E-state index contributed by atoms with van der Waals surface area (Å²) in [6.07, 6.45) is 0. The maximum absolute atomic E-state index is 6.34. The fourth-order valence-corrected chi connectivity index (χ4v) is 3.89. The molecule has 1 aliphatic rings. The van der Waals surface area contributed by atoms with E-state index in [-0.39, 0.29) is 6.04 Å². The number of nitrogens with zero attached hydrogens (tertiary/aromatic N) is 3. The molecule has 0 saturated carbocycles. The molecule has 1 aromatic rings. The smallest absolute Gasteiger partial charge is 0.191 e. The molecule has 0 radical (unpaired) electrons. The number of likely N-dealkylation sites (N-methyl/N-ethyl adjacent to an activating group) is 1. The van der Waals surface area contributed by atoms with Crippen LogP contribution in [-0.2, 0) is 0 Å². The lowest BCUT2D eigenvalue weighted by atomic mass is 10.1. The van der Waals surface area contributed by atoms with Gasteiger partial charge in [0, 0.05) is 48.8 Å². The van der Waals surface area contributed by atoms with Crippen LogP contribution in [0.15, 0.2) is 23.2 Å². The lowest BCUT2D eigenvalue weighted by Gasteiger charge is -2.37. The molecule has 0 aliphatic carbocycles. The van der Waals surface area contributed by atoms with E-state index in [0.29, 0.717) is 16.1 Å². The fraction of sp³-hybridized carbons (Fsp3) is 0.650. The molecule has 1 saturated heterocycles. The van der Waals surface area contributed by atoms with Gasteiger partial charge in [-0.25, -0.2) is 0 Å². The molecule has 0 aromatic heterocycles. The molecule has 2 N–H and O–H groups in total. The van der Waals surface area contributed by atoms with E-state index >= 15 is 0 Å². The number of piperazine rings is 1. The monoisotopic (exact) mass is 413 g/mol. The van der Waals surface area contributed by atoms with Crippen LogP contribution in [0, 0.1) is 0 Å². The number of benzene rings is 1. The van der Waals surface area contributed by atoms with Crippen LogP contribution in [0.3, 0.4) is 0 Å². The largest absolute Gasteiger partial charge is 0.357 e. The topological polar surface area (TPSA) is 42.9 Å². The molecule has 0 amide bonds. The van der Waals surface area contributed by atoms with Crippen LogP contribution in [-0.4, -0.2) is 67.6 Å². The quantitative estimate of drug-likeness (QED) is 0.528. The van der Waals surface area contributed by atoms with Crippen molar-refractivity contribution in [1.29, 1.82) is 0 Å². The van der Waals surface area contributed by atoms with Gasteiger partial charge in [0.2, 0.25) is 0 Å². The van der Waals surface area contributed by atoms with Crippen molar-refractivity contribution in [2.24, 2.45) is 4.99 Å². The van der Waals surface area contributed by atoms with Crippen LogP contribution in [0.1, 0.15) is 39.3 Å². The number of aliphatic imine (C=N–C) groups is 1. The van der Waals surface area contributed by atoms with Gasteiger partial charge in [-0.05, 0) is 45.0 Å². The number of guanidine groups is 1. The molecule has 0 spiro atoms. The summed E-state index contributed by atoms with van der Waals surface area (Å²) in [6, 6.07) is 6.06. The van der Waals surface area contributed by atoms with Crippen molar-refractivity contribution in [3.05, 3.63) is 33.8 Å². The van der Waals surface area contributed by atoms with Gasteiger partial charge in [-0.15, -0.1) is 0 Å². The van der Waals surface area contributed by atoms with E-state index in [2.05, 4.69) is 48.1 Å². The van der Waals surface area contributed by atoms with Gasteiger partial charge in [0.25, 0.3) is 0 Å². The van der Waals surface area contributed by atoms with Crippen molar-refractivity contribution < 1.29 is 0 Å². The van der Waals surface area contributed by atoms with E-state index in [9.17, 15) is 0 Å². The van der Waals surface area contributed by atoms with Crippen LogP contribution in [0.25, 0.3) is 0 Å².